The van der Waals surface area contributed by atoms with Crippen LogP contribution < -0.4 is 0 Å². The van der Waals surface area contributed by atoms with Gasteiger partial charge in [-0.05, 0) is 24.7 Å². The molecule has 0 unspecified atom stereocenters. The summed E-state index contributed by atoms with van der Waals surface area (Å²) < 4.78 is 0. The van der Waals surface area contributed by atoms with Gasteiger partial charge in [0.25, 0.3) is 0 Å². The van der Waals surface area contributed by atoms with E-state index in [1.54, 1.807) is 0 Å². The fourth-order valence-corrected chi connectivity index (χ4v) is 2.25. The Labute approximate surface area is 79.1 Å². The molecule has 0 bridgehead atoms. The maximum Gasteiger partial charge on any atom is 0.0624 e. The molecule has 1 aliphatic carbocycles. The standard InChI is InChI=1S/C10H16N2O/c1-7(12-13)9-6-8(4-5-11)10(9,2)3/h8-9,13H,4,6H2,1-3H3/b12-7+/t8-,9-/m1/s1. The van der Waals surface area contributed by atoms with Crippen LogP contribution in [0.5, 0.6) is 0 Å². The Morgan fingerprint density at radius 2 is 2.31 bits per heavy atom. The SMILES string of the molecule is C/C(=N\O)[C@H]1C[C@@H](CC#N)C1(C)C. The van der Waals surface area contributed by atoms with Crippen LogP contribution in [0, 0.1) is 28.6 Å². The van der Waals surface area contributed by atoms with Crippen molar-refractivity contribution in [3.8, 4) is 6.07 Å². The van der Waals surface area contributed by atoms with Crippen molar-refractivity contribution >= 4 is 5.71 Å². The lowest BCUT2D eigenvalue weighted by atomic mass is 9.53. The van der Waals surface area contributed by atoms with Crippen molar-refractivity contribution in [2.24, 2.45) is 22.4 Å². The summed E-state index contributed by atoms with van der Waals surface area (Å²) >= 11 is 0. The predicted molar refractivity (Wildman–Crippen MR) is 50.5 cm³/mol. The Bertz CT molecular complexity index is 263. The average molecular weight is 180 g/mol. The first-order valence-corrected chi connectivity index (χ1v) is 4.59. The third-order valence-electron chi connectivity index (χ3n) is 3.47. The van der Waals surface area contributed by atoms with Crippen LogP contribution in [0.1, 0.15) is 33.6 Å². The van der Waals surface area contributed by atoms with Gasteiger partial charge in [-0.1, -0.05) is 19.0 Å². The van der Waals surface area contributed by atoms with Crippen LogP contribution >= 0.6 is 0 Å². The van der Waals surface area contributed by atoms with Crippen molar-refractivity contribution in [2.75, 3.05) is 0 Å². The number of rotatable bonds is 2. The summed E-state index contributed by atoms with van der Waals surface area (Å²) in [6.07, 6.45) is 1.60. The molecule has 3 heteroatoms. The number of hydrogen-bond donors (Lipinski definition) is 1. The highest BCUT2D eigenvalue weighted by Gasteiger charge is 2.49. The molecule has 0 spiro atoms. The first-order valence-electron chi connectivity index (χ1n) is 4.59. The predicted octanol–water partition coefficient (Wildman–Crippen LogP) is 2.41. The van der Waals surface area contributed by atoms with E-state index in [1.165, 1.54) is 0 Å². The normalized spacial score (nSPS) is 32.0. The Kier molecular flexibility index (Phi) is 2.60. The zero-order chi connectivity index (χ0) is 10.1. The van der Waals surface area contributed by atoms with E-state index in [9.17, 15) is 0 Å². The number of oxime groups is 1. The molecular formula is C10H16N2O. The second-order valence-corrected chi connectivity index (χ2v) is 4.41. The summed E-state index contributed by atoms with van der Waals surface area (Å²) in [4.78, 5) is 0. The van der Waals surface area contributed by atoms with Crippen molar-refractivity contribution in [2.45, 2.75) is 33.6 Å². The van der Waals surface area contributed by atoms with E-state index in [0.29, 0.717) is 18.3 Å². The summed E-state index contributed by atoms with van der Waals surface area (Å²) in [5, 5.41) is 20.5. The monoisotopic (exact) mass is 180 g/mol. The molecule has 1 N–H and O–H groups in total. The van der Waals surface area contributed by atoms with Crippen molar-refractivity contribution in [3.63, 3.8) is 0 Å². The van der Waals surface area contributed by atoms with Gasteiger partial charge in [-0.3, -0.25) is 0 Å². The van der Waals surface area contributed by atoms with Crippen molar-refractivity contribution in [1.82, 2.24) is 0 Å². The maximum absolute atomic E-state index is 8.64. The zero-order valence-corrected chi connectivity index (χ0v) is 8.41. The molecule has 0 aromatic carbocycles. The fraction of sp³-hybridized carbons (Fsp3) is 0.800. The molecule has 1 rings (SSSR count). The Balaban J connectivity index is 2.65. The average Bonchev–Trinajstić information content (AvgIpc) is 2.10. The summed E-state index contributed by atoms with van der Waals surface area (Å²) in [6, 6.07) is 2.20. The highest BCUT2D eigenvalue weighted by Crippen LogP contribution is 2.53. The Morgan fingerprint density at radius 3 is 2.69 bits per heavy atom. The highest BCUT2D eigenvalue weighted by atomic mass is 16.4. The van der Waals surface area contributed by atoms with E-state index >= 15 is 0 Å². The molecule has 0 heterocycles. The second kappa shape index (κ2) is 3.37. The molecule has 0 aromatic heterocycles. The first kappa shape index (κ1) is 10.0. The van der Waals surface area contributed by atoms with E-state index in [1.807, 2.05) is 6.92 Å². The number of nitriles is 1. The molecule has 0 aromatic rings. The third-order valence-corrected chi connectivity index (χ3v) is 3.47. The van der Waals surface area contributed by atoms with E-state index in [2.05, 4.69) is 25.1 Å². The topological polar surface area (TPSA) is 56.4 Å². The molecule has 1 saturated carbocycles. The lowest BCUT2D eigenvalue weighted by molar-refractivity contribution is 0.0260. The lowest BCUT2D eigenvalue weighted by Crippen LogP contribution is -2.48. The van der Waals surface area contributed by atoms with Crippen LogP contribution in [0.15, 0.2) is 5.16 Å². The van der Waals surface area contributed by atoms with Gasteiger partial charge < -0.3 is 5.21 Å². The number of nitrogens with zero attached hydrogens (tertiary/aromatic N) is 2. The Morgan fingerprint density at radius 1 is 1.69 bits per heavy atom. The summed E-state index contributed by atoms with van der Waals surface area (Å²) in [6.45, 7) is 6.12. The Hall–Kier alpha value is -1.04. The molecule has 3 nitrogen and oxygen atoms in total. The van der Waals surface area contributed by atoms with Crippen LogP contribution in [0.3, 0.4) is 0 Å². The third kappa shape index (κ3) is 1.53. The smallest absolute Gasteiger partial charge is 0.0624 e. The van der Waals surface area contributed by atoms with E-state index < -0.39 is 0 Å². The summed E-state index contributed by atoms with van der Waals surface area (Å²) in [5.41, 5.74) is 0.908. The van der Waals surface area contributed by atoms with Gasteiger partial charge in [0.2, 0.25) is 0 Å². The van der Waals surface area contributed by atoms with Crippen molar-refractivity contribution in [1.29, 1.82) is 5.26 Å². The van der Waals surface area contributed by atoms with Crippen LogP contribution in [-0.2, 0) is 0 Å². The van der Waals surface area contributed by atoms with Gasteiger partial charge in [-0.25, -0.2) is 0 Å². The number of hydrogen-bond acceptors (Lipinski definition) is 3. The minimum Gasteiger partial charge on any atom is -0.411 e. The van der Waals surface area contributed by atoms with Gasteiger partial charge in [0.15, 0.2) is 0 Å². The quantitative estimate of drug-likeness (QED) is 0.403. The van der Waals surface area contributed by atoms with Gasteiger partial charge in [0.05, 0.1) is 11.8 Å². The van der Waals surface area contributed by atoms with Gasteiger partial charge in [-0.2, -0.15) is 5.26 Å². The molecule has 0 radical (unpaired) electrons. The van der Waals surface area contributed by atoms with E-state index in [0.717, 1.165) is 12.1 Å². The largest absolute Gasteiger partial charge is 0.411 e. The van der Waals surface area contributed by atoms with Crippen LogP contribution in [0.4, 0.5) is 0 Å². The molecule has 2 atom stereocenters. The van der Waals surface area contributed by atoms with Gasteiger partial charge in [0.1, 0.15) is 0 Å². The van der Waals surface area contributed by atoms with Gasteiger partial charge >= 0.3 is 0 Å². The van der Waals surface area contributed by atoms with Gasteiger partial charge in [0, 0.05) is 12.3 Å². The molecule has 1 fully saturated rings. The van der Waals surface area contributed by atoms with E-state index in [4.69, 9.17) is 10.5 Å². The fourth-order valence-electron chi connectivity index (χ4n) is 2.25. The maximum atomic E-state index is 8.64. The first-order chi connectivity index (χ1) is 6.04. The molecule has 72 valence electrons. The molecule has 0 amide bonds. The molecular weight excluding hydrogens is 164 g/mol. The van der Waals surface area contributed by atoms with Crippen molar-refractivity contribution in [3.05, 3.63) is 0 Å². The minimum atomic E-state index is 0.117. The van der Waals surface area contributed by atoms with Crippen molar-refractivity contribution < 1.29 is 5.21 Å². The molecule has 0 saturated heterocycles. The van der Waals surface area contributed by atoms with Crippen LogP contribution in [0.25, 0.3) is 0 Å². The van der Waals surface area contributed by atoms with Crippen LogP contribution in [-0.4, -0.2) is 10.9 Å². The lowest BCUT2D eigenvalue weighted by Gasteiger charge is -2.51. The zero-order valence-electron chi connectivity index (χ0n) is 8.41. The summed E-state index contributed by atoms with van der Waals surface area (Å²) in [7, 11) is 0. The summed E-state index contributed by atoms with van der Waals surface area (Å²) in [5.74, 6) is 0.801. The van der Waals surface area contributed by atoms with Gasteiger partial charge in [-0.15, -0.1) is 0 Å². The van der Waals surface area contributed by atoms with Crippen LogP contribution in [0.2, 0.25) is 0 Å². The second-order valence-electron chi connectivity index (χ2n) is 4.41. The highest BCUT2D eigenvalue weighted by molar-refractivity contribution is 5.85. The minimum absolute atomic E-state index is 0.117. The molecule has 13 heavy (non-hydrogen) atoms. The molecule has 0 aliphatic heterocycles. The molecule has 1 aliphatic rings. The van der Waals surface area contributed by atoms with E-state index in [-0.39, 0.29) is 5.41 Å².